The van der Waals surface area contributed by atoms with Gasteiger partial charge in [-0.1, -0.05) is 0 Å². The van der Waals surface area contributed by atoms with Crippen molar-refractivity contribution >= 4 is 15.7 Å². The van der Waals surface area contributed by atoms with Crippen molar-refractivity contribution in [1.82, 2.24) is 4.98 Å². The predicted molar refractivity (Wildman–Crippen MR) is 67.9 cm³/mol. The lowest BCUT2D eigenvalue weighted by Crippen LogP contribution is -2.26. The third-order valence-corrected chi connectivity index (χ3v) is 4.30. The second kappa shape index (κ2) is 4.66. The Kier molecular flexibility index (Phi) is 3.20. The van der Waals surface area contributed by atoms with Crippen LogP contribution in [0.5, 0.6) is 5.75 Å². The highest BCUT2D eigenvalue weighted by Crippen LogP contribution is 2.22. The Morgan fingerprint density at radius 3 is 2.39 bits per heavy atom. The summed E-state index contributed by atoms with van der Waals surface area (Å²) < 4.78 is 25.7. The first kappa shape index (κ1) is 12.4. The number of nitrogens with zero attached hydrogens (tertiary/aromatic N) is 2. The van der Waals surface area contributed by atoms with Gasteiger partial charge in [0.05, 0.1) is 16.8 Å². The molecule has 0 unspecified atom stereocenters. The van der Waals surface area contributed by atoms with Crippen LogP contribution in [0.2, 0.25) is 0 Å². The number of hydrogen-bond acceptors (Lipinski definition) is 4. The Morgan fingerprint density at radius 1 is 1.17 bits per heavy atom. The van der Waals surface area contributed by atoms with E-state index in [4.69, 9.17) is 5.11 Å². The molecule has 5 nitrogen and oxygen atoms in total. The second-order valence-corrected chi connectivity index (χ2v) is 5.65. The van der Waals surface area contributed by atoms with Crippen molar-refractivity contribution in [2.45, 2.75) is 4.90 Å². The van der Waals surface area contributed by atoms with Crippen molar-refractivity contribution < 1.29 is 13.5 Å². The van der Waals surface area contributed by atoms with Gasteiger partial charge in [-0.15, -0.1) is 0 Å². The van der Waals surface area contributed by atoms with Gasteiger partial charge in [-0.25, -0.2) is 8.42 Å². The van der Waals surface area contributed by atoms with E-state index in [-0.39, 0.29) is 10.6 Å². The molecule has 1 N–H and O–H groups in total. The molecule has 2 aromatic rings. The molecule has 1 aromatic carbocycles. The van der Waals surface area contributed by atoms with E-state index in [9.17, 15) is 8.42 Å². The third-order valence-electron chi connectivity index (χ3n) is 2.50. The zero-order valence-electron chi connectivity index (χ0n) is 9.69. The van der Waals surface area contributed by atoms with Crippen LogP contribution in [0.15, 0.2) is 53.7 Å². The Hall–Kier alpha value is -2.08. The number of sulfonamides is 1. The van der Waals surface area contributed by atoms with Gasteiger partial charge < -0.3 is 5.11 Å². The van der Waals surface area contributed by atoms with Gasteiger partial charge in [-0.2, -0.15) is 0 Å². The molecule has 0 saturated heterocycles. The number of hydrogen-bond donors (Lipinski definition) is 1. The summed E-state index contributed by atoms with van der Waals surface area (Å²) in [5.41, 5.74) is 0.477. The Balaban J connectivity index is 2.40. The van der Waals surface area contributed by atoms with Gasteiger partial charge in [0, 0.05) is 13.2 Å². The smallest absolute Gasteiger partial charge is 0.264 e. The molecule has 1 heterocycles. The molecule has 0 bridgehead atoms. The van der Waals surface area contributed by atoms with Crippen molar-refractivity contribution in [1.29, 1.82) is 0 Å². The standard InChI is InChI=1S/C12H12N2O3S/c1-14(10-3-2-8-13-9-10)18(16,17)12-6-4-11(15)5-7-12/h2-9,15H,1H3. The third kappa shape index (κ3) is 2.28. The van der Waals surface area contributed by atoms with Crippen LogP contribution < -0.4 is 4.31 Å². The predicted octanol–water partition coefficient (Wildman–Crippen LogP) is 1.61. The fraction of sp³-hybridized carbons (Fsp3) is 0.0833. The zero-order chi connectivity index (χ0) is 13.2. The topological polar surface area (TPSA) is 70.5 Å². The van der Waals surface area contributed by atoms with E-state index in [2.05, 4.69) is 4.98 Å². The number of aromatic nitrogens is 1. The summed E-state index contributed by atoms with van der Waals surface area (Å²) >= 11 is 0. The molecule has 2 rings (SSSR count). The van der Waals surface area contributed by atoms with Crippen LogP contribution in [0.3, 0.4) is 0 Å². The maximum absolute atomic E-state index is 12.3. The molecule has 94 valence electrons. The lowest BCUT2D eigenvalue weighted by Gasteiger charge is -2.18. The van der Waals surface area contributed by atoms with Gasteiger partial charge in [0.25, 0.3) is 10.0 Å². The van der Waals surface area contributed by atoms with Gasteiger partial charge in [0.15, 0.2) is 0 Å². The number of rotatable bonds is 3. The highest BCUT2D eigenvalue weighted by atomic mass is 32.2. The molecule has 0 radical (unpaired) electrons. The average Bonchev–Trinajstić information content (AvgIpc) is 2.39. The molecule has 0 aliphatic carbocycles. The van der Waals surface area contributed by atoms with Gasteiger partial charge in [-0.3, -0.25) is 9.29 Å². The van der Waals surface area contributed by atoms with E-state index < -0.39 is 10.0 Å². The summed E-state index contributed by atoms with van der Waals surface area (Å²) in [6.45, 7) is 0. The number of benzene rings is 1. The number of aromatic hydroxyl groups is 1. The Labute approximate surface area is 105 Å². The molecule has 18 heavy (non-hydrogen) atoms. The van der Waals surface area contributed by atoms with Crippen LogP contribution in [0.25, 0.3) is 0 Å². The monoisotopic (exact) mass is 264 g/mol. The largest absolute Gasteiger partial charge is 0.508 e. The SMILES string of the molecule is CN(c1cccnc1)S(=O)(=O)c1ccc(O)cc1. The minimum absolute atomic E-state index is 0.0259. The lowest BCUT2D eigenvalue weighted by molar-refractivity contribution is 0.475. The normalized spacial score (nSPS) is 11.2. The summed E-state index contributed by atoms with van der Waals surface area (Å²) in [4.78, 5) is 4.00. The summed E-state index contributed by atoms with van der Waals surface area (Å²) in [6.07, 6.45) is 3.04. The van der Waals surface area contributed by atoms with Crippen LogP contribution in [-0.4, -0.2) is 25.6 Å². The first-order valence-electron chi connectivity index (χ1n) is 5.20. The second-order valence-electron chi connectivity index (χ2n) is 3.68. The first-order valence-corrected chi connectivity index (χ1v) is 6.64. The summed E-state index contributed by atoms with van der Waals surface area (Å²) in [5.74, 6) is 0.0259. The molecular weight excluding hydrogens is 252 g/mol. The van der Waals surface area contributed by atoms with Crippen molar-refractivity contribution in [3.63, 3.8) is 0 Å². The van der Waals surface area contributed by atoms with Crippen molar-refractivity contribution in [3.05, 3.63) is 48.8 Å². The van der Waals surface area contributed by atoms with Gasteiger partial charge >= 0.3 is 0 Å². The van der Waals surface area contributed by atoms with Crippen LogP contribution in [0.4, 0.5) is 5.69 Å². The van der Waals surface area contributed by atoms with Gasteiger partial charge in [0.2, 0.25) is 0 Å². The van der Waals surface area contributed by atoms with Crippen LogP contribution >= 0.6 is 0 Å². The fourth-order valence-corrected chi connectivity index (χ4v) is 2.64. The maximum atomic E-state index is 12.3. The number of pyridine rings is 1. The molecule has 0 aliphatic rings. The lowest BCUT2D eigenvalue weighted by atomic mass is 10.3. The molecule has 6 heteroatoms. The number of phenols is 1. The van der Waals surface area contributed by atoms with Crippen LogP contribution in [0.1, 0.15) is 0 Å². The zero-order valence-corrected chi connectivity index (χ0v) is 10.5. The fourth-order valence-electron chi connectivity index (χ4n) is 1.46. The summed E-state index contributed by atoms with van der Waals surface area (Å²) in [5, 5.41) is 9.16. The van der Waals surface area contributed by atoms with E-state index >= 15 is 0 Å². The van der Waals surface area contributed by atoms with Gasteiger partial charge in [-0.05, 0) is 36.4 Å². The highest BCUT2D eigenvalue weighted by Gasteiger charge is 2.21. The van der Waals surface area contributed by atoms with E-state index in [0.717, 1.165) is 4.31 Å². The maximum Gasteiger partial charge on any atom is 0.264 e. The molecule has 0 aliphatic heterocycles. The number of anilines is 1. The van der Waals surface area contributed by atoms with Crippen LogP contribution in [0, 0.1) is 0 Å². The molecular formula is C12H12N2O3S. The molecule has 1 aromatic heterocycles. The molecule has 0 saturated carbocycles. The molecule has 0 fully saturated rings. The van der Waals surface area contributed by atoms with E-state index in [1.54, 1.807) is 18.3 Å². The van der Waals surface area contributed by atoms with E-state index in [1.165, 1.54) is 37.5 Å². The Morgan fingerprint density at radius 2 is 1.83 bits per heavy atom. The molecule has 0 amide bonds. The molecule has 0 spiro atoms. The van der Waals surface area contributed by atoms with E-state index in [0.29, 0.717) is 5.69 Å². The average molecular weight is 264 g/mol. The van der Waals surface area contributed by atoms with Crippen molar-refractivity contribution in [2.75, 3.05) is 11.4 Å². The summed E-state index contributed by atoms with van der Waals surface area (Å²) in [7, 11) is -2.17. The van der Waals surface area contributed by atoms with Crippen LogP contribution in [-0.2, 0) is 10.0 Å². The van der Waals surface area contributed by atoms with Gasteiger partial charge in [0.1, 0.15) is 5.75 Å². The van der Waals surface area contributed by atoms with E-state index in [1.807, 2.05) is 0 Å². The summed E-state index contributed by atoms with van der Waals surface area (Å²) in [6, 6.07) is 8.71. The number of phenolic OH excluding ortho intramolecular Hbond substituents is 1. The Bertz CT molecular complexity index is 624. The first-order chi connectivity index (χ1) is 8.51. The molecule has 0 atom stereocenters. The van der Waals surface area contributed by atoms with Crippen molar-refractivity contribution in [2.24, 2.45) is 0 Å². The van der Waals surface area contributed by atoms with Crippen molar-refractivity contribution in [3.8, 4) is 5.75 Å². The highest BCUT2D eigenvalue weighted by molar-refractivity contribution is 7.92. The quantitative estimate of drug-likeness (QED) is 0.914. The minimum atomic E-state index is -3.63. The minimum Gasteiger partial charge on any atom is -0.508 e.